The van der Waals surface area contributed by atoms with E-state index in [0.29, 0.717) is 44.5 Å². The van der Waals surface area contributed by atoms with Crippen molar-refractivity contribution in [3.8, 4) is 5.75 Å². The molecule has 0 unspecified atom stereocenters. The molecular formula is C26H32ClN3O4S. The number of anilines is 1. The Hall–Kier alpha value is -2.13. The average molecular weight is 518 g/mol. The van der Waals surface area contributed by atoms with E-state index in [9.17, 15) is 8.42 Å². The van der Waals surface area contributed by atoms with E-state index in [0.717, 1.165) is 39.7 Å². The fraction of sp³-hybridized carbons (Fsp3) is 0.500. The number of methoxy groups -OCH3 is 1. The van der Waals surface area contributed by atoms with Gasteiger partial charge >= 0.3 is 0 Å². The van der Waals surface area contributed by atoms with Crippen LogP contribution in [0.25, 0.3) is 5.03 Å². The molecule has 0 atom stereocenters. The van der Waals surface area contributed by atoms with Gasteiger partial charge in [0.05, 0.1) is 30.9 Å². The van der Waals surface area contributed by atoms with Gasteiger partial charge < -0.3 is 14.8 Å². The summed E-state index contributed by atoms with van der Waals surface area (Å²) in [4.78, 5) is 5.13. The summed E-state index contributed by atoms with van der Waals surface area (Å²) in [6.45, 7) is 1.54. The van der Waals surface area contributed by atoms with Crippen molar-refractivity contribution in [2.75, 3.05) is 38.7 Å². The number of ether oxygens (including phenoxy) is 2. The van der Waals surface area contributed by atoms with Gasteiger partial charge in [0.15, 0.2) is 0 Å². The predicted octanol–water partition coefficient (Wildman–Crippen LogP) is 4.58. The Morgan fingerprint density at radius 3 is 2.69 bits per heavy atom. The maximum Gasteiger partial charge on any atom is 0.243 e. The zero-order chi connectivity index (χ0) is 24.4. The van der Waals surface area contributed by atoms with Crippen LogP contribution in [0.1, 0.15) is 54.6 Å². The molecule has 1 aliphatic heterocycles. The molecule has 2 aliphatic carbocycles. The third-order valence-corrected chi connectivity index (χ3v) is 9.30. The number of pyridine rings is 1. The molecule has 2 aromatic rings. The number of fused-ring (bicyclic) bond motifs is 1. The van der Waals surface area contributed by atoms with E-state index in [1.54, 1.807) is 19.2 Å². The molecule has 1 aromatic heterocycles. The lowest BCUT2D eigenvalue weighted by Gasteiger charge is -2.26. The summed E-state index contributed by atoms with van der Waals surface area (Å²) < 4.78 is 38.6. The summed E-state index contributed by atoms with van der Waals surface area (Å²) >= 11 is 6.54. The highest BCUT2D eigenvalue weighted by Crippen LogP contribution is 2.38. The molecule has 0 bridgehead atoms. The summed E-state index contributed by atoms with van der Waals surface area (Å²) in [6, 6.07) is 7.66. The van der Waals surface area contributed by atoms with E-state index in [1.807, 2.05) is 12.1 Å². The van der Waals surface area contributed by atoms with Crippen molar-refractivity contribution in [1.82, 2.24) is 9.29 Å². The van der Waals surface area contributed by atoms with Crippen molar-refractivity contribution < 1.29 is 17.9 Å². The van der Waals surface area contributed by atoms with Crippen LogP contribution < -0.4 is 10.1 Å². The van der Waals surface area contributed by atoms with Crippen molar-refractivity contribution in [2.45, 2.75) is 55.9 Å². The van der Waals surface area contributed by atoms with E-state index < -0.39 is 10.0 Å². The van der Waals surface area contributed by atoms with Crippen molar-refractivity contribution in [1.29, 1.82) is 0 Å². The van der Waals surface area contributed by atoms with Crippen LogP contribution in [0.3, 0.4) is 0 Å². The Morgan fingerprint density at radius 2 is 1.94 bits per heavy atom. The van der Waals surface area contributed by atoms with Crippen LogP contribution in [-0.4, -0.2) is 57.2 Å². The minimum atomic E-state index is -3.60. The van der Waals surface area contributed by atoms with Crippen LogP contribution in [0.5, 0.6) is 5.75 Å². The van der Waals surface area contributed by atoms with Gasteiger partial charge in [0.1, 0.15) is 5.75 Å². The van der Waals surface area contributed by atoms with E-state index in [1.165, 1.54) is 36.4 Å². The van der Waals surface area contributed by atoms with Gasteiger partial charge in [-0.05, 0) is 25.0 Å². The van der Waals surface area contributed by atoms with Gasteiger partial charge in [-0.3, -0.25) is 4.98 Å². The minimum Gasteiger partial charge on any atom is -0.496 e. The number of hydrogen-bond acceptors (Lipinski definition) is 6. The smallest absolute Gasteiger partial charge is 0.243 e. The highest BCUT2D eigenvalue weighted by Gasteiger charge is 2.28. The van der Waals surface area contributed by atoms with Crippen molar-refractivity contribution in [2.24, 2.45) is 0 Å². The van der Waals surface area contributed by atoms with Crippen LogP contribution in [0, 0.1) is 0 Å². The second-order valence-electron chi connectivity index (χ2n) is 9.39. The molecule has 7 nitrogen and oxygen atoms in total. The molecule has 1 saturated heterocycles. The molecule has 35 heavy (non-hydrogen) atoms. The third kappa shape index (κ3) is 5.21. The maximum atomic E-state index is 13.1. The largest absolute Gasteiger partial charge is 0.496 e. The van der Waals surface area contributed by atoms with E-state index in [2.05, 4.69) is 11.4 Å². The molecule has 5 rings (SSSR count). The fourth-order valence-corrected chi connectivity index (χ4v) is 6.90. The standard InChI is InChI=1S/C26H32ClN3O4S/c1-33-25-17-21(35(31,32)30-11-13-34-14-12-30)8-7-18(25)15-20-16-24(28-19-5-3-2-4-6-19)26-22(27)9-10-23(26)29-20/h7-9,16-17,19H,2-6,10-15H2,1H3,(H,28,29). The highest BCUT2D eigenvalue weighted by molar-refractivity contribution is 7.89. The molecule has 1 N–H and O–H groups in total. The summed E-state index contributed by atoms with van der Waals surface area (Å²) in [7, 11) is -2.03. The molecule has 0 spiro atoms. The lowest BCUT2D eigenvalue weighted by molar-refractivity contribution is 0.0730. The Balaban J connectivity index is 1.42. The topological polar surface area (TPSA) is 80.8 Å². The quantitative estimate of drug-likeness (QED) is 0.579. The summed E-state index contributed by atoms with van der Waals surface area (Å²) in [6.07, 6.45) is 9.40. The van der Waals surface area contributed by atoms with Crippen LogP contribution in [-0.2, 0) is 27.6 Å². The Bertz CT molecular complexity index is 1220. The molecule has 0 amide bonds. The van der Waals surface area contributed by atoms with Crippen LogP contribution in [0.4, 0.5) is 5.69 Å². The van der Waals surface area contributed by atoms with Crippen LogP contribution in [0.15, 0.2) is 35.2 Å². The normalized spacial score (nSPS) is 19.3. The van der Waals surface area contributed by atoms with Crippen LogP contribution >= 0.6 is 11.6 Å². The number of nitrogens with one attached hydrogen (secondary N) is 1. The van der Waals surface area contributed by atoms with Gasteiger partial charge in [0, 0.05) is 65.6 Å². The summed E-state index contributed by atoms with van der Waals surface area (Å²) in [5, 5.41) is 4.50. The van der Waals surface area contributed by atoms with E-state index in [-0.39, 0.29) is 4.90 Å². The van der Waals surface area contributed by atoms with Gasteiger partial charge in [-0.1, -0.05) is 43.0 Å². The molecule has 2 heterocycles. The molecule has 188 valence electrons. The lowest BCUT2D eigenvalue weighted by Crippen LogP contribution is -2.40. The van der Waals surface area contributed by atoms with Crippen molar-refractivity contribution >= 4 is 32.3 Å². The molecule has 1 aromatic carbocycles. The minimum absolute atomic E-state index is 0.234. The number of aromatic nitrogens is 1. The number of allylic oxidation sites excluding steroid dienone is 1. The maximum absolute atomic E-state index is 13.1. The zero-order valence-corrected chi connectivity index (χ0v) is 21.6. The summed E-state index contributed by atoms with van der Waals surface area (Å²) in [5.41, 5.74) is 4.84. The number of nitrogens with zero attached hydrogens (tertiary/aromatic N) is 2. The number of benzene rings is 1. The second-order valence-corrected chi connectivity index (χ2v) is 11.7. The second kappa shape index (κ2) is 10.5. The number of sulfonamides is 1. The predicted molar refractivity (Wildman–Crippen MR) is 138 cm³/mol. The Morgan fingerprint density at radius 1 is 1.17 bits per heavy atom. The number of rotatable bonds is 7. The van der Waals surface area contributed by atoms with Gasteiger partial charge in [0.25, 0.3) is 0 Å². The SMILES string of the molecule is COc1cc(S(=O)(=O)N2CCOCC2)ccc1Cc1cc(NC2CCCCC2)c2c(n1)CC=C2Cl. The van der Waals surface area contributed by atoms with Crippen molar-refractivity contribution in [3.05, 3.63) is 52.9 Å². The van der Waals surface area contributed by atoms with E-state index >= 15 is 0 Å². The van der Waals surface area contributed by atoms with Gasteiger partial charge in [0.2, 0.25) is 10.0 Å². The Labute approximate surface area is 212 Å². The molecule has 1 saturated carbocycles. The van der Waals surface area contributed by atoms with Gasteiger partial charge in [-0.2, -0.15) is 4.31 Å². The van der Waals surface area contributed by atoms with Gasteiger partial charge in [-0.25, -0.2) is 8.42 Å². The molecule has 3 aliphatic rings. The highest BCUT2D eigenvalue weighted by atomic mass is 35.5. The number of morpholine rings is 1. The molecule has 0 radical (unpaired) electrons. The lowest BCUT2D eigenvalue weighted by atomic mass is 9.95. The van der Waals surface area contributed by atoms with Gasteiger partial charge in [-0.15, -0.1) is 0 Å². The van der Waals surface area contributed by atoms with E-state index in [4.69, 9.17) is 26.1 Å². The third-order valence-electron chi connectivity index (χ3n) is 7.06. The number of hydrogen-bond donors (Lipinski definition) is 1. The first-order valence-electron chi connectivity index (χ1n) is 12.4. The van der Waals surface area contributed by atoms with Crippen LogP contribution in [0.2, 0.25) is 0 Å². The Kier molecular flexibility index (Phi) is 7.34. The first-order chi connectivity index (χ1) is 17.0. The summed E-state index contributed by atoms with van der Waals surface area (Å²) in [5.74, 6) is 0.541. The monoisotopic (exact) mass is 517 g/mol. The first kappa shape index (κ1) is 24.6. The zero-order valence-electron chi connectivity index (χ0n) is 20.1. The molecular weight excluding hydrogens is 486 g/mol. The molecule has 2 fully saturated rings. The number of halogens is 1. The first-order valence-corrected chi connectivity index (χ1v) is 14.2. The average Bonchev–Trinajstić information content (AvgIpc) is 3.26. The molecule has 9 heteroatoms. The van der Waals surface area contributed by atoms with Crippen molar-refractivity contribution in [3.63, 3.8) is 0 Å². The fourth-order valence-electron chi connectivity index (χ4n) is 5.19.